The lowest BCUT2D eigenvalue weighted by Crippen LogP contribution is -2.54. The minimum atomic E-state index is -0.483. The average Bonchev–Trinajstić information content (AvgIpc) is 3.50. The Bertz CT molecular complexity index is 1310. The van der Waals surface area contributed by atoms with Gasteiger partial charge in [-0.25, -0.2) is 14.0 Å². The number of carbonyl (C=O) groups excluding carboxylic acids is 1. The van der Waals surface area contributed by atoms with E-state index in [0.717, 1.165) is 43.0 Å². The summed E-state index contributed by atoms with van der Waals surface area (Å²) in [5.41, 5.74) is 3.16. The number of pyridine rings is 1. The Morgan fingerprint density at radius 2 is 2.00 bits per heavy atom. The molecule has 0 unspecified atom stereocenters. The molecule has 5 heterocycles. The summed E-state index contributed by atoms with van der Waals surface area (Å²) in [6, 6.07) is 4.58. The van der Waals surface area contributed by atoms with E-state index < -0.39 is 5.60 Å². The normalized spacial score (nSPS) is 19.1. The molecule has 3 aromatic rings. The van der Waals surface area contributed by atoms with Crippen molar-refractivity contribution in [2.24, 2.45) is 0 Å². The van der Waals surface area contributed by atoms with Crippen molar-refractivity contribution in [3.8, 4) is 23.1 Å². The molecule has 2 aliphatic heterocycles. The van der Waals surface area contributed by atoms with Crippen LogP contribution in [0.2, 0.25) is 0 Å². The zero-order valence-electron chi connectivity index (χ0n) is 20.7. The molecule has 1 amide bonds. The molecule has 0 spiro atoms. The Labute approximate surface area is 203 Å². The third-order valence-electron chi connectivity index (χ3n) is 6.69. The van der Waals surface area contributed by atoms with Crippen LogP contribution in [-0.4, -0.2) is 85.4 Å². The molecule has 35 heavy (non-hydrogen) atoms. The molecule has 0 aliphatic carbocycles. The molecule has 11 heteroatoms. The lowest BCUT2D eigenvalue weighted by atomic mass is 10.0. The average molecular weight is 479 g/mol. The minimum Gasteiger partial charge on any atom is -0.494 e. The maximum absolute atomic E-state index is 12.4. The number of carbonyl (C=O) groups is 1. The first-order valence-corrected chi connectivity index (χ1v) is 11.8. The van der Waals surface area contributed by atoms with Crippen LogP contribution in [0.15, 0.2) is 18.5 Å². The van der Waals surface area contributed by atoms with Gasteiger partial charge in [0.1, 0.15) is 34.2 Å². The molecule has 1 atom stereocenters. The largest absolute Gasteiger partial charge is 0.494 e. The monoisotopic (exact) mass is 478 g/mol. The first-order chi connectivity index (χ1) is 16.7. The first kappa shape index (κ1) is 23.1. The van der Waals surface area contributed by atoms with E-state index in [1.165, 1.54) is 6.20 Å². The van der Waals surface area contributed by atoms with Crippen molar-refractivity contribution >= 4 is 11.6 Å². The number of amides is 1. The van der Waals surface area contributed by atoms with Crippen LogP contribution in [0.25, 0.3) is 16.8 Å². The number of nitrogens with zero attached hydrogens (tertiary/aromatic N) is 8. The van der Waals surface area contributed by atoms with E-state index in [4.69, 9.17) is 9.47 Å². The minimum absolute atomic E-state index is 0.229. The molecule has 0 N–H and O–H groups in total. The zero-order valence-corrected chi connectivity index (χ0v) is 20.7. The predicted molar refractivity (Wildman–Crippen MR) is 127 cm³/mol. The number of aromatic nitrogens is 5. The molecule has 5 rings (SSSR count). The fraction of sp³-hybridized carbons (Fsp3) is 0.542. The van der Waals surface area contributed by atoms with Crippen LogP contribution in [0.4, 0.5) is 4.79 Å². The van der Waals surface area contributed by atoms with Crippen molar-refractivity contribution in [2.45, 2.75) is 51.8 Å². The predicted octanol–water partition coefficient (Wildman–Crippen LogP) is 2.65. The number of hydrogen-bond acceptors (Lipinski definition) is 8. The van der Waals surface area contributed by atoms with Gasteiger partial charge in [0.05, 0.1) is 25.0 Å². The van der Waals surface area contributed by atoms with Crippen LogP contribution in [-0.2, 0) is 4.74 Å². The summed E-state index contributed by atoms with van der Waals surface area (Å²) < 4.78 is 14.7. The highest BCUT2D eigenvalue weighted by Gasteiger charge is 2.40. The topological polar surface area (TPSA) is 114 Å². The number of methoxy groups -OCH3 is 1. The van der Waals surface area contributed by atoms with Crippen molar-refractivity contribution in [1.82, 2.24) is 34.4 Å². The number of hydrogen-bond donors (Lipinski definition) is 0. The van der Waals surface area contributed by atoms with E-state index in [9.17, 15) is 10.1 Å². The van der Waals surface area contributed by atoms with Gasteiger partial charge in [-0.1, -0.05) is 5.21 Å². The number of ether oxygens (including phenoxy) is 2. The molecule has 184 valence electrons. The van der Waals surface area contributed by atoms with Gasteiger partial charge in [-0.05, 0) is 40.2 Å². The molecule has 0 saturated carbocycles. The highest BCUT2D eigenvalue weighted by atomic mass is 16.6. The van der Waals surface area contributed by atoms with Gasteiger partial charge in [0.2, 0.25) is 0 Å². The Hall–Kier alpha value is -3.65. The summed E-state index contributed by atoms with van der Waals surface area (Å²) >= 11 is 0. The fourth-order valence-corrected chi connectivity index (χ4v) is 4.88. The van der Waals surface area contributed by atoms with E-state index in [1.807, 2.05) is 44.6 Å². The molecule has 2 saturated heterocycles. The molecule has 2 aliphatic rings. The van der Waals surface area contributed by atoms with Gasteiger partial charge >= 0.3 is 6.09 Å². The number of fused-ring (bicyclic) bond motifs is 1. The fourth-order valence-electron chi connectivity index (χ4n) is 4.88. The van der Waals surface area contributed by atoms with Crippen LogP contribution in [0.5, 0.6) is 5.75 Å². The molecule has 0 aromatic carbocycles. The summed E-state index contributed by atoms with van der Waals surface area (Å²) in [6.45, 7) is 10.8. The third kappa shape index (κ3) is 4.18. The number of rotatable bonds is 4. The lowest BCUT2D eigenvalue weighted by Gasteiger charge is -2.43. The lowest BCUT2D eigenvalue weighted by molar-refractivity contribution is 0.0231. The van der Waals surface area contributed by atoms with E-state index in [2.05, 4.69) is 26.4 Å². The highest BCUT2D eigenvalue weighted by Crippen LogP contribution is 2.33. The quantitative estimate of drug-likeness (QED) is 0.562. The van der Waals surface area contributed by atoms with Crippen LogP contribution in [0, 0.1) is 18.3 Å². The van der Waals surface area contributed by atoms with Crippen molar-refractivity contribution in [1.29, 1.82) is 5.26 Å². The summed E-state index contributed by atoms with van der Waals surface area (Å²) in [7, 11) is 1.58. The van der Waals surface area contributed by atoms with Crippen LogP contribution in [0.1, 0.15) is 44.5 Å². The molecule has 2 fully saturated rings. The van der Waals surface area contributed by atoms with Crippen molar-refractivity contribution in [3.63, 3.8) is 0 Å². The Morgan fingerprint density at radius 1 is 1.23 bits per heavy atom. The molecule has 11 nitrogen and oxygen atoms in total. The summed E-state index contributed by atoms with van der Waals surface area (Å²) in [6.07, 6.45) is 4.08. The van der Waals surface area contributed by atoms with Gasteiger partial charge in [0.25, 0.3) is 0 Å². The Morgan fingerprint density at radius 3 is 2.69 bits per heavy atom. The van der Waals surface area contributed by atoms with Crippen LogP contribution in [0.3, 0.4) is 0 Å². The standard InChI is InChI=1S/C24H30N8O3/c1-15-21(16-8-20(34-5)22-17(9-25)10-26-31(22)11-16)27-28-32(15)19-13-30(14-19)18-6-7-29(12-18)23(33)35-24(2,3)4/h8,10-11,18-19H,6-7,12-14H2,1-5H3/t18-/m1/s1. The van der Waals surface area contributed by atoms with Crippen LogP contribution < -0.4 is 4.74 Å². The van der Waals surface area contributed by atoms with Crippen molar-refractivity contribution in [3.05, 3.63) is 29.7 Å². The summed E-state index contributed by atoms with van der Waals surface area (Å²) in [5.74, 6) is 0.566. The van der Waals surface area contributed by atoms with Gasteiger partial charge in [-0.15, -0.1) is 5.10 Å². The summed E-state index contributed by atoms with van der Waals surface area (Å²) in [4.78, 5) is 16.6. The van der Waals surface area contributed by atoms with Crippen molar-refractivity contribution in [2.75, 3.05) is 33.3 Å². The van der Waals surface area contributed by atoms with Gasteiger partial charge < -0.3 is 14.4 Å². The van der Waals surface area contributed by atoms with Gasteiger partial charge in [-0.3, -0.25) is 4.90 Å². The SMILES string of the molecule is COc1cc(-c2nnn(C3CN([C@@H]4CCN(C(=O)OC(C)(C)C)C4)C3)c2C)cn2ncc(C#N)c12. The Kier molecular flexibility index (Phi) is 5.63. The number of nitriles is 1. The molecule has 0 bridgehead atoms. The van der Waals surface area contributed by atoms with E-state index in [0.29, 0.717) is 29.4 Å². The highest BCUT2D eigenvalue weighted by molar-refractivity contribution is 5.74. The molecular weight excluding hydrogens is 448 g/mol. The second-order valence-corrected chi connectivity index (χ2v) is 10.2. The maximum Gasteiger partial charge on any atom is 0.410 e. The first-order valence-electron chi connectivity index (χ1n) is 11.8. The smallest absolute Gasteiger partial charge is 0.410 e. The van der Waals surface area contributed by atoms with Crippen LogP contribution >= 0.6 is 0 Å². The third-order valence-corrected chi connectivity index (χ3v) is 6.69. The summed E-state index contributed by atoms with van der Waals surface area (Å²) in [5, 5.41) is 22.5. The maximum atomic E-state index is 12.4. The second kappa shape index (κ2) is 8.53. The van der Waals surface area contributed by atoms with E-state index in [-0.39, 0.29) is 12.1 Å². The van der Waals surface area contributed by atoms with Gasteiger partial charge in [0, 0.05) is 44.0 Å². The zero-order chi connectivity index (χ0) is 24.9. The molecule has 3 aromatic heterocycles. The van der Waals surface area contributed by atoms with E-state index in [1.54, 1.807) is 16.5 Å². The van der Waals surface area contributed by atoms with Gasteiger partial charge in [0.15, 0.2) is 0 Å². The Balaban J connectivity index is 1.27. The molecular formula is C24H30N8O3. The second-order valence-electron chi connectivity index (χ2n) is 10.2. The van der Waals surface area contributed by atoms with Crippen molar-refractivity contribution < 1.29 is 14.3 Å². The number of likely N-dealkylation sites (tertiary alicyclic amines) is 2. The van der Waals surface area contributed by atoms with E-state index >= 15 is 0 Å². The molecule has 0 radical (unpaired) electrons. The van der Waals surface area contributed by atoms with Gasteiger partial charge in [-0.2, -0.15) is 10.4 Å².